The third-order valence-electron chi connectivity index (χ3n) is 3.99. The molecular weight excluding hydrogens is 368 g/mol. The van der Waals surface area contributed by atoms with E-state index in [0.29, 0.717) is 24.3 Å². The summed E-state index contributed by atoms with van der Waals surface area (Å²) in [5.41, 5.74) is 1.92. The van der Waals surface area contributed by atoms with Crippen LogP contribution in [0.5, 0.6) is 0 Å². The molecular formula is C16H19ClN2O3S2. The summed E-state index contributed by atoms with van der Waals surface area (Å²) < 4.78 is 6.81. The van der Waals surface area contributed by atoms with Crippen LogP contribution in [0.4, 0.5) is 0 Å². The molecule has 5 nitrogen and oxygen atoms in total. The third kappa shape index (κ3) is 4.28. The van der Waals surface area contributed by atoms with Crippen molar-refractivity contribution >= 4 is 34.7 Å². The molecule has 1 aliphatic heterocycles. The highest BCUT2D eigenvalue weighted by atomic mass is 35.5. The largest absolute Gasteiger partial charge is 0.394 e. The minimum absolute atomic E-state index is 0.0871. The van der Waals surface area contributed by atoms with Gasteiger partial charge >= 0.3 is 0 Å². The Morgan fingerprint density at radius 2 is 2.21 bits per heavy atom. The second kappa shape index (κ2) is 8.12. The Hall–Kier alpha value is -0.700. The van der Waals surface area contributed by atoms with Crippen LogP contribution in [0.1, 0.15) is 35.1 Å². The van der Waals surface area contributed by atoms with E-state index < -0.39 is 6.10 Å². The molecule has 2 aromatic rings. The Morgan fingerprint density at radius 3 is 2.92 bits per heavy atom. The summed E-state index contributed by atoms with van der Waals surface area (Å²) in [6, 6.07) is 5.76. The van der Waals surface area contributed by atoms with E-state index in [-0.39, 0.29) is 18.8 Å². The van der Waals surface area contributed by atoms with Crippen LogP contribution in [-0.2, 0) is 11.2 Å². The molecule has 24 heavy (non-hydrogen) atoms. The van der Waals surface area contributed by atoms with Crippen molar-refractivity contribution in [3.8, 4) is 0 Å². The van der Waals surface area contributed by atoms with Crippen LogP contribution in [0.2, 0.25) is 5.02 Å². The van der Waals surface area contributed by atoms with Gasteiger partial charge in [0.25, 0.3) is 0 Å². The summed E-state index contributed by atoms with van der Waals surface area (Å²) in [4.78, 5) is 0. The molecule has 0 spiro atoms. The Balaban J connectivity index is 1.80. The zero-order valence-corrected chi connectivity index (χ0v) is 15.6. The molecule has 1 fully saturated rings. The maximum Gasteiger partial charge on any atom is 0.174 e. The van der Waals surface area contributed by atoms with E-state index in [4.69, 9.17) is 16.3 Å². The molecule has 130 valence electrons. The van der Waals surface area contributed by atoms with Crippen LogP contribution in [0, 0.1) is 0 Å². The van der Waals surface area contributed by atoms with E-state index in [1.165, 1.54) is 0 Å². The lowest BCUT2D eigenvalue weighted by molar-refractivity contribution is -0.113. The van der Waals surface area contributed by atoms with Gasteiger partial charge in [-0.15, -0.1) is 10.2 Å². The first kappa shape index (κ1) is 18.1. The summed E-state index contributed by atoms with van der Waals surface area (Å²) in [6.07, 6.45) is 2.55. The normalized spacial score (nSPS) is 24.2. The lowest BCUT2D eigenvalue weighted by atomic mass is 9.95. The molecule has 0 radical (unpaired) electrons. The van der Waals surface area contributed by atoms with E-state index in [0.717, 1.165) is 20.5 Å². The number of aromatic nitrogens is 2. The first-order chi connectivity index (χ1) is 11.6. The van der Waals surface area contributed by atoms with E-state index in [9.17, 15) is 10.2 Å². The number of halogens is 1. The van der Waals surface area contributed by atoms with Crippen LogP contribution in [-0.4, -0.2) is 45.5 Å². The standard InChI is InChI=1S/C16H19ClN2O3S2/c1-23-16-19-18-15(24-16)5-10-4-9(2-3-13(10)17)14-7-11(21)6-12(8-20)22-14/h2-4,11-12,14,20-21H,5-8H2,1H3. The number of aliphatic hydroxyl groups excluding tert-OH is 2. The molecule has 1 aromatic carbocycles. The topological polar surface area (TPSA) is 75.5 Å². The van der Waals surface area contributed by atoms with Crippen LogP contribution < -0.4 is 0 Å². The molecule has 0 bridgehead atoms. The molecule has 0 saturated carbocycles. The van der Waals surface area contributed by atoms with Gasteiger partial charge in [0.1, 0.15) is 5.01 Å². The molecule has 1 aliphatic rings. The fourth-order valence-corrected chi connectivity index (χ4v) is 4.33. The molecule has 2 N–H and O–H groups in total. The summed E-state index contributed by atoms with van der Waals surface area (Å²) in [5.74, 6) is 0. The Labute approximate surface area is 154 Å². The number of rotatable bonds is 5. The molecule has 1 saturated heterocycles. The molecule has 2 heterocycles. The second-order valence-corrected chi connectivity index (χ2v) is 8.27. The van der Waals surface area contributed by atoms with Crippen molar-refractivity contribution in [3.63, 3.8) is 0 Å². The molecule has 3 rings (SSSR count). The predicted molar refractivity (Wildman–Crippen MR) is 95.9 cm³/mol. The minimum atomic E-state index is -0.465. The molecule has 3 unspecified atom stereocenters. The minimum Gasteiger partial charge on any atom is -0.394 e. The smallest absolute Gasteiger partial charge is 0.174 e. The lowest BCUT2D eigenvalue weighted by Gasteiger charge is -2.32. The van der Waals surface area contributed by atoms with Gasteiger partial charge in [-0.25, -0.2) is 0 Å². The lowest BCUT2D eigenvalue weighted by Crippen LogP contribution is -2.33. The fraction of sp³-hybridized carbons (Fsp3) is 0.500. The number of hydrogen-bond acceptors (Lipinski definition) is 7. The molecule has 0 amide bonds. The summed E-state index contributed by atoms with van der Waals surface area (Å²) in [6.45, 7) is -0.0871. The van der Waals surface area contributed by atoms with E-state index >= 15 is 0 Å². The summed E-state index contributed by atoms with van der Waals surface area (Å²) in [5, 5.41) is 29.2. The second-order valence-electron chi connectivity index (χ2n) is 5.75. The highest BCUT2D eigenvalue weighted by molar-refractivity contribution is 8.00. The van der Waals surface area contributed by atoms with Crippen LogP contribution in [0.3, 0.4) is 0 Å². The van der Waals surface area contributed by atoms with Gasteiger partial charge < -0.3 is 14.9 Å². The van der Waals surface area contributed by atoms with Crippen molar-refractivity contribution < 1.29 is 14.9 Å². The number of aliphatic hydroxyl groups is 2. The Kier molecular flexibility index (Phi) is 6.12. The molecule has 8 heteroatoms. The number of nitrogens with zero attached hydrogens (tertiary/aromatic N) is 2. The average molecular weight is 387 g/mol. The van der Waals surface area contributed by atoms with Gasteiger partial charge in [0.15, 0.2) is 4.34 Å². The highest BCUT2D eigenvalue weighted by Crippen LogP contribution is 2.34. The summed E-state index contributed by atoms with van der Waals surface area (Å²) in [7, 11) is 0. The van der Waals surface area contributed by atoms with Crippen LogP contribution in [0.25, 0.3) is 0 Å². The summed E-state index contributed by atoms with van der Waals surface area (Å²) >= 11 is 9.47. The SMILES string of the molecule is CSc1nnc(Cc2cc(C3CC(O)CC(CO)O3)ccc2Cl)s1. The highest BCUT2D eigenvalue weighted by Gasteiger charge is 2.29. The van der Waals surface area contributed by atoms with E-state index in [1.807, 2.05) is 24.5 Å². The van der Waals surface area contributed by atoms with Crippen molar-refractivity contribution in [3.05, 3.63) is 39.4 Å². The maximum atomic E-state index is 10.00. The quantitative estimate of drug-likeness (QED) is 0.769. The van der Waals surface area contributed by atoms with Gasteiger partial charge in [-0.05, 0) is 23.4 Å². The number of thioether (sulfide) groups is 1. The van der Waals surface area contributed by atoms with Gasteiger partial charge in [0.05, 0.1) is 24.9 Å². The maximum absolute atomic E-state index is 10.00. The average Bonchev–Trinajstić information content (AvgIpc) is 3.04. The van der Waals surface area contributed by atoms with Crippen molar-refractivity contribution in [2.75, 3.05) is 12.9 Å². The molecule has 0 aliphatic carbocycles. The van der Waals surface area contributed by atoms with Crippen molar-refractivity contribution in [2.45, 2.75) is 41.9 Å². The first-order valence-corrected chi connectivity index (χ1v) is 10.1. The number of hydrogen-bond donors (Lipinski definition) is 2. The molecule has 3 atom stereocenters. The zero-order valence-electron chi connectivity index (χ0n) is 13.2. The third-order valence-corrected chi connectivity index (χ3v) is 6.26. The van der Waals surface area contributed by atoms with E-state index in [1.54, 1.807) is 23.1 Å². The van der Waals surface area contributed by atoms with Gasteiger partial charge in [-0.3, -0.25) is 0 Å². The zero-order chi connectivity index (χ0) is 17.1. The Bertz CT molecular complexity index is 698. The van der Waals surface area contributed by atoms with Crippen LogP contribution in [0.15, 0.2) is 22.5 Å². The molecule has 1 aromatic heterocycles. The van der Waals surface area contributed by atoms with Gasteiger partial charge in [-0.1, -0.05) is 46.8 Å². The number of ether oxygens (including phenoxy) is 1. The van der Waals surface area contributed by atoms with Crippen molar-refractivity contribution in [1.82, 2.24) is 10.2 Å². The van der Waals surface area contributed by atoms with Gasteiger partial charge in [0, 0.05) is 24.3 Å². The first-order valence-electron chi connectivity index (χ1n) is 7.68. The Morgan fingerprint density at radius 1 is 1.38 bits per heavy atom. The van der Waals surface area contributed by atoms with Gasteiger partial charge in [0.2, 0.25) is 0 Å². The van der Waals surface area contributed by atoms with Crippen molar-refractivity contribution in [2.24, 2.45) is 0 Å². The fourth-order valence-electron chi connectivity index (χ4n) is 2.81. The predicted octanol–water partition coefficient (Wildman–Crippen LogP) is 3.08. The monoisotopic (exact) mass is 386 g/mol. The van der Waals surface area contributed by atoms with Crippen molar-refractivity contribution in [1.29, 1.82) is 0 Å². The van der Waals surface area contributed by atoms with Crippen LogP contribution >= 0.6 is 34.7 Å². The number of benzene rings is 1. The van der Waals surface area contributed by atoms with E-state index in [2.05, 4.69) is 10.2 Å². The van der Waals surface area contributed by atoms with Gasteiger partial charge in [-0.2, -0.15) is 0 Å².